The van der Waals surface area contributed by atoms with E-state index < -0.39 is 5.54 Å². The standard InChI is InChI=1S/C14H20N2OS/c1-11(18-9-13-4-3-7-17-13)8-14(2,10-15)16-12-5-6-12/h3-4,7,11-12,16H,5-6,8-9H2,1-2H3. The Morgan fingerprint density at radius 2 is 2.44 bits per heavy atom. The number of hydrogen-bond donors (Lipinski definition) is 1. The zero-order chi connectivity index (χ0) is 13.0. The van der Waals surface area contributed by atoms with Gasteiger partial charge in [-0.2, -0.15) is 17.0 Å². The van der Waals surface area contributed by atoms with E-state index in [1.54, 1.807) is 6.26 Å². The van der Waals surface area contributed by atoms with Crippen molar-refractivity contribution in [3.05, 3.63) is 24.2 Å². The molecule has 1 saturated carbocycles. The van der Waals surface area contributed by atoms with Crippen LogP contribution in [-0.4, -0.2) is 16.8 Å². The van der Waals surface area contributed by atoms with Gasteiger partial charge < -0.3 is 4.42 Å². The average molecular weight is 264 g/mol. The van der Waals surface area contributed by atoms with Gasteiger partial charge in [0.25, 0.3) is 0 Å². The quantitative estimate of drug-likeness (QED) is 0.820. The predicted octanol–water partition coefficient (Wildman–Crippen LogP) is 3.33. The zero-order valence-electron chi connectivity index (χ0n) is 11.0. The fraction of sp³-hybridized carbons (Fsp3) is 0.643. The number of nitrogens with one attached hydrogen (secondary N) is 1. The van der Waals surface area contributed by atoms with E-state index in [2.05, 4.69) is 18.3 Å². The van der Waals surface area contributed by atoms with Crippen LogP contribution in [0.5, 0.6) is 0 Å². The number of thioether (sulfide) groups is 1. The Morgan fingerprint density at radius 3 is 3.00 bits per heavy atom. The highest BCUT2D eigenvalue weighted by Crippen LogP contribution is 2.28. The molecule has 2 atom stereocenters. The highest BCUT2D eigenvalue weighted by atomic mass is 32.2. The molecule has 0 amide bonds. The minimum Gasteiger partial charge on any atom is -0.468 e. The molecule has 1 aromatic rings. The Balaban J connectivity index is 1.77. The summed E-state index contributed by atoms with van der Waals surface area (Å²) in [5.41, 5.74) is -0.392. The minimum atomic E-state index is -0.392. The SMILES string of the molecule is CC(CC(C)(C#N)NC1CC1)SCc1ccco1. The molecule has 1 fully saturated rings. The molecule has 0 bridgehead atoms. The number of rotatable bonds is 7. The fourth-order valence-electron chi connectivity index (χ4n) is 2.07. The molecule has 1 aromatic heterocycles. The van der Waals surface area contributed by atoms with Crippen LogP contribution < -0.4 is 5.32 Å². The first-order chi connectivity index (χ1) is 8.61. The molecule has 18 heavy (non-hydrogen) atoms. The second-order valence-corrected chi connectivity index (χ2v) is 6.69. The summed E-state index contributed by atoms with van der Waals surface area (Å²) in [5.74, 6) is 1.87. The second-order valence-electron chi connectivity index (χ2n) is 5.27. The van der Waals surface area contributed by atoms with Crippen molar-refractivity contribution in [2.45, 2.75) is 55.7 Å². The Hall–Kier alpha value is -0.920. The van der Waals surface area contributed by atoms with Crippen molar-refractivity contribution in [1.29, 1.82) is 5.26 Å². The van der Waals surface area contributed by atoms with Crippen molar-refractivity contribution in [2.24, 2.45) is 0 Å². The summed E-state index contributed by atoms with van der Waals surface area (Å²) >= 11 is 1.84. The molecule has 0 spiro atoms. The van der Waals surface area contributed by atoms with E-state index in [9.17, 15) is 5.26 Å². The van der Waals surface area contributed by atoms with Crippen LogP contribution in [0.4, 0.5) is 0 Å². The van der Waals surface area contributed by atoms with E-state index in [1.165, 1.54) is 12.8 Å². The molecular formula is C14H20N2OS. The largest absolute Gasteiger partial charge is 0.468 e. The lowest BCUT2D eigenvalue weighted by Crippen LogP contribution is -2.44. The molecule has 1 aliphatic carbocycles. The molecule has 1 N–H and O–H groups in total. The number of hydrogen-bond acceptors (Lipinski definition) is 4. The Labute approximate surface area is 113 Å². The normalized spacial score (nSPS) is 20.1. The van der Waals surface area contributed by atoms with Gasteiger partial charge in [0.1, 0.15) is 11.3 Å². The molecule has 0 aromatic carbocycles. The van der Waals surface area contributed by atoms with Crippen LogP contribution in [0, 0.1) is 11.3 Å². The van der Waals surface area contributed by atoms with Crippen LogP contribution in [0.1, 0.15) is 38.9 Å². The maximum absolute atomic E-state index is 9.32. The molecule has 3 nitrogen and oxygen atoms in total. The first kappa shape index (κ1) is 13.5. The molecule has 0 aliphatic heterocycles. The van der Waals surface area contributed by atoms with Crippen LogP contribution in [0.15, 0.2) is 22.8 Å². The van der Waals surface area contributed by atoms with Gasteiger partial charge in [0, 0.05) is 11.3 Å². The van der Waals surface area contributed by atoms with Gasteiger partial charge >= 0.3 is 0 Å². The van der Waals surface area contributed by atoms with Crippen molar-refractivity contribution >= 4 is 11.8 Å². The first-order valence-corrected chi connectivity index (χ1v) is 7.49. The van der Waals surface area contributed by atoms with E-state index in [-0.39, 0.29) is 0 Å². The molecule has 2 rings (SSSR count). The van der Waals surface area contributed by atoms with Gasteiger partial charge in [-0.15, -0.1) is 0 Å². The van der Waals surface area contributed by atoms with Gasteiger partial charge in [-0.25, -0.2) is 0 Å². The molecule has 1 aliphatic rings. The van der Waals surface area contributed by atoms with E-state index in [0.717, 1.165) is 17.9 Å². The van der Waals surface area contributed by atoms with Gasteiger partial charge in [-0.3, -0.25) is 5.32 Å². The third-order valence-corrected chi connectivity index (χ3v) is 4.32. The van der Waals surface area contributed by atoms with Crippen molar-refractivity contribution in [1.82, 2.24) is 5.32 Å². The third-order valence-electron chi connectivity index (χ3n) is 3.13. The summed E-state index contributed by atoms with van der Waals surface area (Å²) in [7, 11) is 0. The summed E-state index contributed by atoms with van der Waals surface area (Å²) in [4.78, 5) is 0. The minimum absolute atomic E-state index is 0.392. The van der Waals surface area contributed by atoms with Gasteiger partial charge in [-0.05, 0) is 38.3 Å². The van der Waals surface area contributed by atoms with Crippen molar-refractivity contribution in [2.75, 3.05) is 0 Å². The molecule has 0 radical (unpaired) electrons. The van der Waals surface area contributed by atoms with Crippen LogP contribution in [0.2, 0.25) is 0 Å². The van der Waals surface area contributed by atoms with E-state index in [0.29, 0.717) is 11.3 Å². The van der Waals surface area contributed by atoms with Crippen LogP contribution in [0.25, 0.3) is 0 Å². The fourth-order valence-corrected chi connectivity index (χ4v) is 3.13. The van der Waals surface area contributed by atoms with Crippen LogP contribution in [-0.2, 0) is 5.75 Å². The third kappa shape index (κ3) is 4.08. The van der Waals surface area contributed by atoms with E-state index >= 15 is 0 Å². The first-order valence-electron chi connectivity index (χ1n) is 6.44. The topological polar surface area (TPSA) is 49.0 Å². The summed E-state index contributed by atoms with van der Waals surface area (Å²) in [5, 5.41) is 13.2. The molecule has 2 unspecified atom stereocenters. The van der Waals surface area contributed by atoms with Crippen molar-refractivity contribution < 1.29 is 4.42 Å². The summed E-state index contributed by atoms with van der Waals surface area (Å²) in [6.45, 7) is 4.19. The highest BCUT2D eigenvalue weighted by molar-refractivity contribution is 7.99. The van der Waals surface area contributed by atoms with E-state index in [4.69, 9.17) is 4.42 Å². The van der Waals surface area contributed by atoms with Gasteiger partial charge in [-0.1, -0.05) is 6.92 Å². The monoisotopic (exact) mass is 264 g/mol. The predicted molar refractivity (Wildman–Crippen MR) is 74.3 cm³/mol. The van der Waals surface area contributed by atoms with Gasteiger partial charge in [0.05, 0.1) is 18.1 Å². The smallest absolute Gasteiger partial charge is 0.113 e. The van der Waals surface area contributed by atoms with E-state index in [1.807, 2.05) is 30.8 Å². The number of nitriles is 1. The van der Waals surface area contributed by atoms with Crippen LogP contribution in [0.3, 0.4) is 0 Å². The molecule has 98 valence electrons. The Bertz CT molecular complexity index is 408. The lowest BCUT2D eigenvalue weighted by Gasteiger charge is -2.26. The lowest BCUT2D eigenvalue weighted by molar-refractivity contribution is 0.414. The molecule has 4 heteroatoms. The summed E-state index contributed by atoms with van der Waals surface area (Å²) < 4.78 is 5.31. The van der Waals surface area contributed by atoms with Crippen molar-refractivity contribution in [3.8, 4) is 6.07 Å². The maximum Gasteiger partial charge on any atom is 0.113 e. The lowest BCUT2D eigenvalue weighted by atomic mass is 9.98. The highest BCUT2D eigenvalue weighted by Gasteiger charge is 2.33. The van der Waals surface area contributed by atoms with Crippen LogP contribution >= 0.6 is 11.8 Å². The number of nitrogens with zero attached hydrogens (tertiary/aromatic N) is 1. The average Bonchev–Trinajstić information content (AvgIpc) is 2.98. The Morgan fingerprint density at radius 1 is 1.67 bits per heavy atom. The van der Waals surface area contributed by atoms with Gasteiger partial charge in [0.15, 0.2) is 0 Å². The van der Waals surface area contributed by atoms with Gasteiger partial charge in [0.2, 0.25) is 0 Å². The molecular weight excluding hydrogens is 244 g/mol. The summed E-state index contributed by atoms with van der Waals surface area (Å²) in [6, 6.07) is 6.90. The van der Waals surface area contributed by atoms with Crippen molar-refractivity contribution in [3.63, 3.8) is 0 Å². The molecule has 0 saturated heterocycles. The summed E-state index contributed by atoms with van der Waals surface area (Å²) in [6.07, 6.45) is 5.00. The Kier molecular flexibility index (Phi) is 4.36. The molecule has 1 heterocycles. The zero-order valence-corrected chi connectivity index (χ0v) is 11.8. The maximum atomic E-state index is 9.32. The second kappa shape index (κ2) is 5.81. The number of furan rings is 1.